The van der Waals surface area contributed by atoms with Gasteiger partial charge in [-0.2, -0.15) is 0 Å². The molecule has 1 amide bonds. The van der Waals surface area contributed by atoms with Gasteiger partial charge in [-0.3, -0.25) is 4.79 Å². The Bertz CT molecular complexity index is 1160. The van der Waals surface area contributed by atoms with Crippen LogP contribution in [0.15, 0.2) is 66.7 Å². The minimum absolute atomic E-state index is 0.113. The summed E-state index contributed by atoms with van der Waals surface area (Å²) in [6, 6.07) is 17.5. The van der Waals surface area contributed by atoms with E-state index in [-0.39, 0.29) is 22.9 Å². The molecule has 3 aromatic carbocycles. The summed E-state index contributed by atoms with van der Waals surface area (Å²) in [6.45, 7) is 1.82. The zero-order valence-corrected chi connectivity index (χ0v) is 19.6. The number of nitrogens with one attached hydrogen (secondary N) is 2. The van der Waals surface area contributed by atoms with Crippen LogP contribution in [0.4, 0.5) is 10.1 Å². The van der Waals surface area contributed by atoms with Crippen LogP contribution >= 0.6 is 23.8 Å². The van der Waals surface area contributed by atoms with Crippen LogP contribution in [0.5, 0.6) is 0 Å². The summed E-state index contributed by atoms with van der Waals surface area (Å²) >= 11 is 11.5. The Balaban J connectivity index is 1.70. The SMILES string of the molecule is COC(=O)C(Cc1ccc(NC(=O)c2c(C)cccc2Cl)cc1)NC(=S)c1ccccc1F. The molecule has 0 saturated carbocycles. The van der Waals surface area contributed by atoms with Crippen LogP contribution < -0.4 is 10.6 Å². The standard InChI is InChI=1S/C25H22ClFN2O3S/c1-15-6-5-8-19(26)22(15)23(30)28-17-12-10-16(11-13-17)14-21(25(31)32-2)29-24(33)18-7-3-4-9-20(18)27/h3-13,21H,14H2,1-2H3,(H,28,30)(H,29,33). The van der Waals surface area contributed by atoms with Crippen molar-refractivity contribution in [2.75, 3.05) is 12.4 Å². The van der Waals surface area contributed by atoms with Crippen molar-refractivity contribution in [2.24, 2.45) is 0 Å². The van der Waals surface area contributed by atoms with Gasteiger partial charge in [0.25, 0.3) is 5.91 Å². The first-order valence-corrected chi connectivity index (χ1v) is 10.9. The van der Waals surface area contributed by atoms with Crippen molar-refractivity contribution in [1.29, 1.82) is 0 Å². The smallest absolute Gasteiger partial charge is 0.328 e. The van der Waals surface area contributed by atoms with Crippen LogP contribution in [0, 0.1) is 12.7 Å². The number of anilines is 1. The van der Waals surface area contributed by atoms with Crippen molar-refractivity contribution >= 4 is 46.4 Å². The second kappa shape index (κ2) is 11.0. The van der Waals surface area contributed by atoms with E-state index in [9.17, 15) is 14.0 Å². The van der Waals surface area contributed by atoms with Gasteiger partial charge in [0, 0.05) is 17.7 Å². The summed E-state index contributed by atoms with van der Waals surface area (Å²) in [5, 5.41) is 6.08. The lowest BCUT2D eigenvalue weighted by Crippen LogP contribution is -2.42. The number of thiocarbonyl (C=S) groups is 1. The van der Waals surface area contributed by atoms with Gasteiger partial charge in [-0.1, -0.05) is 60.2 Å². The van der Waals surface area contributed by atoms with Gasteiger partial charge in [-0.15, -0.1) is 0 Å². The Labute approximate surface area is 201 Å². The van der Waals surface area contributed by atoms with Gasteiger partial charge in [-0.05, 0) is 48.4 Å². The average Bonchev–Trinajstić information content (AvgIpc) is 2.79. The highest BCUT2D eigenvalue weighted by atomic mass is 35.5. The molecule has 0 radical (unpaired) electrons. The summed E-state index contributed by atoms with van der Waals surface area (Å²) in [7, 11) is 1.28. The maximum atomic E-state index is 14.0. The van der Waals surface area contributed by atoms with Crippen LogP contribution in [-0.4, -0.2) is 30.0 Å². The van der Waals surface area contributed by atoms with E-state index in [4.69, 9.17) is 28.6 Å². The van der Waals surface area contributed by atoms with Crippen molar-refractivity contribution in [3.05, 3.63) is 99.8 Å². The highest BCUT2D eigenvalue weighted by Gasteiger charge is 2.22. The van der Waals surface area contributed by atoms with Crippen molar-refractivity contribution < 1.29 is 18.7 Å². The fourth-order valence-electron chi connectivity index (χ4n) is 3.29. The molecule has 0 fully saturated rings. The first kappa shape index (κ1) is 24.4. The Morgan fingerprint density at radius 2 is 1.76 bits per heavy atom. The van der Waals surface area contributed by atoms with E-state index >= 15 is 0 Å². The third kappa shape index (κ3) is 6.15. The van der Waals surface area contributed by atoms with E-state index in [1.807, 2.05) is 13.0 Å². The van der Waals surface area contributed by atoms with Gasteiger partial charge in [0.15, 0.2) is 0 Å². The Hall–Kier alpha value is -3.29. The zero-order chi connectivity index (χ0) is 24.0. The second-order valence-corrected chi connectivity index (χ2v) is 8.13. The summed E-state index contributed by atoms with van der Waals surface area (Å²) in [4.78, 5) is 25.0. The zero-order valence-electron chi connectivity index (χ0n) is 18.0. The number of hydrogen-bond donors (Lipinski definition) is 2. The third-order valence-corrected chi connectivity index (χ3v) is 5.66. The Morgan fingerprint density at radius 1 is 1.06 bits per heavy atom. The monoisotopic (exact) mass is 484 g/mol. The molecule has 0 spiro atoms. The average molecular weight is 485 g/mol. The quantitative estimate of drug-likeness (QED) is 0.361. The molecule has 0 saturated heterocycles. The predicted octanol–water partition coefficient (Wildman–Crippen LogP) is 5.09. The number of esters is 1. The molecule has 0 heterocycles. The van der Waals surface area contributed by atoms with Crippen molar-refractivity contribution in [3.63, 3.8) is 0 Å². The molecule has 3 rings (SSSR count). The number of amides is 1. The molecule has 33 heavy (non-hydrogen) atoms. The van der Waals surface area contributed by atoms with E-state index in [1.165, 1.54) is 19.2 Å². The number of hydrogen-bond acceptors (Lipinski definition) is 4. The highest BCUT2D eigenvalue weighted by Crippen LogP contribution is 2.21. The first-order chi connectivity index (χ1) is 15.8. The van der Waals surface area contributed by atoms with Crippen molar-refractivity contribution in [1.82, 2.24) is 5.32 Å². The lowest BCUT2D eigenvalue weighted by Gasteiger charge is -2.19. The molecule has 5 nitrogen and oxygen atoms in total. The maximum Gasteiger partial charge on any atom is 0.328 e. The molecular formula is C25H22ClFN2O3S. The van der Waals surface area contributed by atoms with Crippen LogP contribution in [0.1, 0.15) is 27.0 Å². The predicted molar refractivity (Wildman–Crippen MR) is 131 cm³/mol. The summed E-state index contributed by atoms with van der Waals surface area (Å²) in [5.41, 5.74) is 2.76. The fraction of sp³-hybridized carbons (Fsp3) is 0.160. The van der Waals surface area contributed by atoms with Crippen LogP contribution in [-0.2, 0) is 16.0 Å². The summed E-state index contributed by atoms with van der Waals surface area (Å²) in [6.07, 6.45) is 0.249. The van der Waals surface area contributed by atoms with Gasteiger partial charge in [0.1, 0.15) is 16.8 Å². The number of benzene rings is 3. The maximum absolute atomic E-state index is 14.0. The molecule has 0 aliphatic carbocycles. The molecule has 0 aliphatic heterocycles. The number of ether oxygens (including phenoxy) is 1. The molecule has 0 aromatic heterocycles. The van der Waals surface area contributed by atoms with E-state index in [0.717, 1.165) is 11.1 Å². The van der Waals surface area contributed by atoms with Crippen molar-refractivity contribution in [3.8, 4) is 0 Å². The highest BCUT2D eigenvalue weighted by molar-refractivity contribution is 7.80. The number of methoxy groups -OCH3 is 1. The molecule has 1 atom stereocenters. The molecule has 170 valence electrons. The molecule has 8 heteroatoms. The summed E-state index contributed by atoms with van der Waals surface area (Å²) in [5.74, 6) is -1.32. The van der Waals surface area contributed by atoms with Crippen LogP contribution in [0.25, 0.3) is 0 Å². The van der Waals surface area contributed by atoms with Crippen molar-refractivity contribution in [2.45, 2.75) is 19.4 Å². The molecular weight excluding hydrogens is 463 g/mol. The topological polar surface area (TPSA) is 67.4 Å². The summed E-state index contributed by atoms with van der Waals surface area (Å²) < 4.78 is 18.9. The van der Waals surface area contributed by atoms with Gasteiger partial charge in [0.2, 0.25) is 0 Å². The molecule has 2 N–H and O–H groups in total. The van der Waals surface area contributed by atoms with E-state index in [1.54, 1.807) is 48.5 Å². The van der Waals surface area contributed by atoms with Crippen LogP contribution in [0.2, 0.25) is 5.02 Å². The van der Waals surface area contributed by atoms with Gasteiger partial charge < -0.3 is 15.4 Å². The Kier molecular flexibility index (Phi) is 8.14. The van der Waals surface area contributed by atoms with E-state index in [2.05, 4.69) is 10.6 Å². The second-order valence-electron chi connectivity index (χ2n) is 7.32. The number of carbonyl (C=O) groups excluding carboxylic acids is 2. The van der Waals surface area contributed by atoms with Crippen LogP contribution in [0.3, 0.4) is 0 Å². The number of halogens is 2. The van der Waals surface area contributed by atoms with Gasteiger partial charge >= 0.3 is 5.97 Å². The first-order valence-electron chi connectivity index (χ1n) is 10.1. The minimum atomic E-state index is -0.812. The molecule has 1 unspecified atom stereocenters. The largest absolute Gasteiger partial charge is 0.467 e. The van der Waals surface area contributed by atoms with Gasteiger partial charge in [-0.25, -0.2) is 9.18 Å². The lowest BCUT2D eigenvalue weighted by atomic mass is 10.0. The fourth-order valence-corrected chi connectivity index (χ4v) is 3.91. The number of aryl methyl sites for hydroxylation is 1. The number of carbonyl (C=O) groups is 2. The van der Waals surface area contributed by atoms with E-state index in [0.29, 0.717) is 16.3 Å². The third-order valence-electron chi connectivity index (χ3n) is 5.01. The number of rotatable bonds is 7. The molecule has 3 aromatic rings. The Morgan fingerprint density at radius 3 is 2.39 bits per heavy atom. The molecule has 0 bridgehead atoms. The normalized spacial score (nSPS) is 11.4. The lowest BCUT2D eigenvalue weighted by molar-refractivity contribution is -0.142. The van der Waals surface area contributed by atoms with Gasteiger partial charge in [0.05, 0.1) is 17.7 Å². The van der Waals surface area contributed by atoms with E-state index < -0.39 is 17.8 Å². The molecule has 0 aliphatic rings. The minimum Gasteiger partial charge on any atom is -0.467 e.